The lowest BCUT2D eigenvalue weighted by Crippen LogP contribution is -2.56. The summed E-state index contributed by atoms with van der Waals surface area (Å²) in [4.78, 5) is 5.03. The number of hydrogen-bond acceptors (Lipinski definition) is 5. The van der Waals surface area contributed by atoms with Crippen LogP contribution in [0.25, 0.3) is 0 Å². The fourth-order valence-electron chi connectivity index (χ4n) is 4.41. The number of hydrogen-bond donors (Lipinski definition) is 2. The Balaban J connectivity index is 1.65. The van der Waals surface area contributed by atoms with Crippen LogP contribution in [0.15, 0.2) is 18.2 Å². The topological polar surface area (TPSA) is 56.2 Å². The van der Waals surface area contributed by atoms with E-state index in [-0.39, 0.29) is 12.4 Å². The number of nitrogens with zero attached hydrogens (tertiary/aromatic N) is 2. The van der Waals surface area contributed by atoms with Crippen LogP contribution < -0.4 is 4.74 Å². The lowest BCUT2D eigenvalue weighted by atomic mass is 10.0. The van der Waals surface area contributed by atoms with Crippen molar-refractivity contribution in [3.05, 3.63) is 23.8 Å². The van der Waals surface area contributed by atoms with Gasteiger partial charge in [-0.05, 0) is 32.3 Å². The van der Waals surface area contributed by atoms with Crippen molar-refractivity contribution in [2.75, 3.05) is 32.8 Å². The van der Waals surface area contributed by atoms with E-state index in [4.69, 9.17) is 4.74 Å². The highest BCUT2D eigenvalue weighted by atomic mass is 16.5. The number of rotatable bonds is 7. The lowest BCUT2D eigenvalue weighted by molar-refractivity contribution is 0.0264. The second-order valence-corrected chi connectivity index (χ2v) is 7.27. The first-order chi connectivity index (χ1) is 12.2. The van der Waals surface area contributed by atoms with Gasteiger partial charge in [-0.15, -0.1) is 0 Å². The molecule has 2 fully saturated rings. The number of aromatic hydroxyl groups is 1. The summed E-state index contributed by atoms with van der Waals surface area (Å²) in [5.74, 6) is 0.831. The van der Waals surface area contributed by atoms with E-state index in [1.54, 1.807) is 0 Å². The van der Waals surface area contributed by atoms with Crippen LogP contribution in [0.5, 0.6) is 11.5 Å². The van der Waals surface area contributed by atoms with E-state index in [9.17, 15) is 10.2 Å². The molecule has 1 aromatic carbocycles. The van der Waals surface area contributed by atoms with Crippen LogP contribution in [-0.2, 0) is 6.54 Å². The van der Waals surface area contributed by atoms with Crippen LogP contribution in [-0.4, -0.2) is 64.9 Å². The predicted octanol–water partition coefficient (Wildman–Crippen LogP) is 2.60. The quantitative estimate of drug-likeness (QED) is 0.793. The van der Waals surface area contributed by atoms with Crippen molar-refractivity contribution in [3.8, 4) is 11.5 Å². The van der Waals surface area contributed by atoms with Gasteiger partial charge in [-0.3, -0.25) is 9.80 Å². The lowest BCUT2D eigenvalue weighted by Gasteiger charge is -2.44. The molecule has 0 amide bonds. The van der Waals surface area contributed by atoms with E-state index in [2.05, 4.69) is 9.80 Å². The van der Waals surface area contributed by atoms with E-state index in [0.29, 0.717) is 24.4 Å². The molecular weight excluding hydrogens is 316 g/mol. The Kier molecular flexibility index (Phi) is 6.57. The second-order valence-electron chi connectivity index (χ2n) is 7.27. The Hall–Kier alpha value is -1.30. The van der Waals surface area contributed by atoms with Gasteiger partial charge in [-0.1, -0.05) is 25.0 Å². The van der Waals surface area contributed by atoms with E-state index in [0.717, 1.165) is 38.2 Å². The van der Waals surface area contributed by atoms with Crippen LogP contribution in [0, 0.1) is 0 Å². The Bertz CT molecular complexity index is 546. The number of ether oxygens (including phenoxy) is 1. The molecule has 1 atom stereocenters. The van der Waals surface area contributed by atoms with Gasteiger partial charge in [0.15, 0.2) is 11.5 Å². The summed E-state index contributed by atoms with van der Waals surface area (Å²) in [6.45, 7) is 6.47. The maximum Gasteiger partial charge on any atom is 0.162 e. The summed E-state index contributed by atoms with van der Waals surface area (Å²) in [7, 11) is 0. The molecule has 0 unspecified atom stereocenters. The van der Waals surface area contributed by atoms with Gasteiger partial charge in [0.05, 0.1) is 6.61 Å². The zero-order valence-electron chi connectivity index (χ0n) is 15.4. The van der Waals surface area contributed by atoms with Gasteiger partial charge in [0.25, 0.3) is 0 Å². The van der Waals surface area contributed by atoms with Crippen LogP contribution in [0.1, 0.15) is 44.6 Å². The van der Waals surface area contributed by atoms with Crippen LogP contribution >= 0.6 is 0 Å². The molecule has 0 radical (unpaired) electrons. The summed E-state index contributed by atoms with van der Waals surface area (Å²) in [6, 6.07) is 6.85. The van der Waals surface area contributed by atoms with Crippen molar-refractivity contribution in [2.24, 2.45) is 0 Å². The molecule has 1 saturated carbocycles. The molecule has 0 bridgehead atoms. The third-order valence-corrected chi connectivity index (χ3v) is 5.64. The fourth-order valence-corrected chi connectivity index (χ4v) is 4.41. The maximum atomic E-state index is 10.4. The number of phenols is 1. The number of piperazine rings is 1. The molecule has 5 heteroatoms. The Morgan fingerprint density at radius 1 is 1.20 bits per heavy atom. The van der Waals surface area contributed by atoms with Crippen molar-refractivity contribution in [1.29, 1.82) is 0 Å². The number of aliphatic hydroxyl groups excluding tert-OH is 1. The van der Waals surface area contributed by atoms with Crippen molar-refractivity contribution in [2.45, 2.75) is 57.7 Å². The maximum absolute atomic E-state index is 10.4. The molecule has 0 spiro atoms. The molecule has 1 aliphatic carbocycles. The van der Waals surface area contributed by atoms with Gasteiger partial charge in [0.2, 0.25) is 0 Å². The molecule has 3 rings (SSSR count). The zero-order chi connectivity index (χ0) is 17.6. The molecule has 1 aromatic rings. The number of benzene rings is 1. The molecule has 0 aromatic heterocycles. The third kappa shape index (κ3) is 4.46. The SMILES string of the molecule is CCOc1cccc(CN2CCN(C3CCCC3)[C@H](CCO)C2)c1O. The number of phenolic OH excluding ortho intramolecular Hbond substituents is 1. The minimum absolute atomic E-state index is 0.243. The predicted molar refractivity (Wildman–Crippen MR) is 99.0 cm³/mol. The largest absolute Gasteiger partial charge is 0.504 e. The first-order valence-electron chi connectivity index (χ1n) is 9.75. The Labute approximate surface area is 151 Å². The summed E-state index contributed by atoms with van der Waals surface area (Å²) in [5.41, 5.74) is 0.919. The average Bonchev–Trinajstić information content (AvgIpc) is 3.14. The molecule has 5 nitrogen and oxygen atoms in total. The third-order valence-electron chi connectivity index (χ3n) is 5.64. The van der Waals surface area contributed by atoms with E-state index < -0.39 is 0 Å². The van der Waals surface area contributed by atoms with Crippen LogP contribution in [0.4, 0.5) is 0 Å². The number of para-hydroxylation sites is 1. The minimum Gasteiger partial charge on any atom is -0.504 e. The smallest absolute Gasteiger partial charge is 0.162 e. The first kappa shape index (κ1) is 18.5. The average molecular weight is 348 g/mol. The van der Waals surface area contributed by atoms with Gasteiger partial charge < -0.3 is 14.9 Å². The summed E-state index contributed by atoms with van der Waals surface area (Å²) in [5, 5.41) is 19.9. The van der Waals surface area contributed by atoms with Crippen LogP contribution in [0.2, 0.25) is 0 Å². The Morgan fingerprint density at radius 2 is 2.00 bits per heavy atom. The summed E-state index contributed by atoms with van der Waals surface area (Å²) < 4.78 is 5.50. The van der Waals surface area contributed by atoms with Crippen molar-refractivity contribution >= 4 is 0 Å². The molecule has 2 N–H and O–H groups in total. The molecule has 1 saturated heterocycles. The highest BCUT2D eigenvalue weighted by molar-refractivity contribution is 5.45. The van der Waals surface area contributed by atoms with E-state index >= 15 is 0 Å². The van der Waals surface area contributed by atoms with Gasteiger partial charge in [0, 0.05) is 50.4 Å². The molecule has 1 aliphatic heterocycles. The molecule has 2 aliphatic rings. The van der Waals surface area contributed by atoms with Gasteiger partial charge in [-0.25, -0.2) is 0 Å². The van der Waals surface area contributed by atoms with Crippen molar-refractivity contribution in [1.82, 2.24) is 9.80 Å². The van der Waals surface area contributed by atoms with E-state index in [1.807, 2.05) is 25.1 Å². The molecule has 25 heavy (non-hydrogen) atoms. The van der Waals surface area contributed by atoms with Gasteiger partial charge in [-0.2, -0.15) is 0 Å². The number of aliphatic hydroxyl groups is 1. The van der Waals surface area contributed by atoms with Gasteiger partial charge >= 0.3 is 0 Å². The summed E-state index contributed by atoms with van der Waals surface area (Å²) >= 11 is 0. The molecular formula is C20H32N2O3. The second kappa shape index (κ2) is 8.88. The van der Waals surface area contributed by atoms with Crippen molar-refractivity contribution in [3.63, 3.8) is 0 Å². The Morgan fingerprint density at radius 3 is 2.72 bits per heavy atom. The van der Waals surface area contributed by atoms with E-state index in [1.165, 1.54) is 25.7 Å². The first-order valence-corrected chi connectivity index (χ1v) is 9.75. The minimum atomic E-state index is 0.243. The normalized spacial score (nSPS) is 23.2. The standard InChI is InChI=1S/C20H32N2O3/c1-2-25-19-9-5-6-16(20(19)24)14-21-11-12-22(17-7-3-4-8-17)18(15-21)10-13-23/h5-6,9,17-18,23-24H,2-4,7-8,10-15H2,1H3/t18-/m1/s1. The van der Waals surface area contributed by atoms with Crippen LogP contribution in [0.3, 0.4) is 0 Å². The van der Waals surface area contributed by atoms with Crippen molar-refractivity contribution < 1.29 is 14.9 Å². The highest BCUT2D eigenvalue weighted by Crippen LogP contribution is 2.32. The monoisotopic (exact) mass is 348 g/mol. The molecule has 1 heterocycles. The zero-order valence-corrected chi connectivity index (χ0v) is 15.4. The molecule has 140 valence electrons. The summed E-state index contributed by atoms with van der Waals surface area (Å²) in [6.07, 6.45) is 6.12. The fraction of sp³-hybridized carbons (Fsp3) is 0.700. The highest BCUT2D eigenvalue weighted by Gasteiger charge is 2.33. The van der Waals surface area contributed by atoms with Gasteiger partial charge in [0.1, 0.15) is 0 Å².